The first-order valence-corrected chi connectivity index (χ1v) is 5.49. The van der Waals surface area contributed by atoms with E-state index in [1.54, 1.807) is 12.1 Å². The number of ether oxygens (including phenoxy) is 1. The average Bonchev–Trinajstić information content (AvgIpc) is 2.38. The molecule has 4 nitrogen and oxygen atoms in total. The Balaban J connectivity index is 2.45. The molecule has 0 aromatic heterocycles. The van der Waals surface area contributed by atoms with Gasteiger partial charge in [-0.05, 0) is 35.4 Å². The van der Waals surface area contributed by atoms with Crippen LogP contribution in [0.4, 0.5) is 10.1 Å². The van der Waals surface area contributed by atoms with Crippen molar-refractivity contribution in [1.82, 2.24) is 0 Å². The summed E-state index contributed by atoms with van der Waals surface area (Å²) in [6, 6.07) is 8.98. The van der Waals surface area contributed by atoms with Crippen LogP contribution in [0.3, 0.4) is 0 Å². The van der Waals surface area contributed by atoms with Gasteiger partial charge in [0.15, 0.2) is 11.6 Å². The minimum absolute atomic E-state index is 0.0257. The van der Waals surface area contributed by atoms with Crippen molar-refractivity contribution in [3.8, 4) is 16.9 Å². The van der Waals surface area contributed by atoms with Crippen molar-refractivity contribution >= 4 is 11.7 Å². The summed E-state index contributed by atoms with van der Waals surface area (Å²) in [6.07, 6.45) is 0. The van der Waals surface area contributed by atoms with E-state index >= 15 is 0 Å². The van der Waals surface area contributed by atoms with Gasteiger partial charge in [0.05, 0.1) is 12.7 Å². The van der Waals surface area contributed by atoms with E-state index in [1.807, 2.05) is 0 Å². The van der Waals surface area contributed by atoms with Crippen LogP contribution in [0.5, 0.6) is 5.75 Å². The van der Waals surface area contributed by atoms with Gasteiger partial charge >= 0.3 is 5.97 Å². The Labute approximate surface area is 109 Å². The second-order valence-corrected chi connectivity index (χ2v) is 3.96. The molecular weight excluding hydrogens is 249 g/mol. The van der Waals surface area contributed by atoms with Gasteiger partial charge in [-0.15, -0.1) is 0 Å². The molecule has 0 aliphatic heterocycles. The first-order chi connectivity index (χ1) is 9.02. The van der Waals surface area contributed by atoms with Crippen LogP contribution in [0.2, 0.25) is 0 Å². The van der Waals surface area contributed by atoms with E-state index in [4.69, 9.17) is 15.6 Å². The van der Waals surface area contributed by atoms with Crippen LogP contribution >= 0.6 is 0 Å². The van der Waals surface area contributed by atoms with Crippen molar-refractivity contribution in [2.75, 3.05) is 12.8 Å². The number of carboxylic acid groups (broad SMARTS) is 1. The summed E-state index contributed by atoms with van der Waals surface area (Å²) in [5.41, 5.74) is 7.06. The standard InChI is InChI=1S/C14H12FNO3/c1-19-13-5-3-8(6-11(13)15)9-2-4-10(14(17)18)12(16)7-9/h2-7H,16H2,1H3,(H,17,18). The summed E-state index contributed by atoms with van der Waals surface area (Å²) in [4.78, 5) is 10.9. The van der Waals surface area contributed by atoms with Crippen LogP contribution in [0.25, 0.3) is 11.1 Å². The SMILES string of the molecule is COc1ccc(-c2ccc(C(=O)O)c(N)c2)cc1F. The number of aromatic carboxylic acids is 1. The maximum absolute atomic E-state index is 13.6. The Kier molecular flexibility index (Phi) is 3.37. The lowest BCUT2D eigenvalue weighted by Crippen LogP contribution is -2.02. The van der Waals surface area contributed by atoms with Gasteiger partial charge in [0.25, 0.3) is 0 Å². The van der Waals surface area contributed by atoms with Crippen LogP contribution in [0, 0.1) is 5.82 Å². The average molecular weight is 261 g/mol. The third-order valence-electron chi connectivity index (χ3n) is 2.77. The number of anilines is 1. The molecule has 19 heavy (non-hydrogen) atoms. The Morgan fingerprint density at radius 2 is 1.84 bits per heavy atom. The number of nitrogens with two attached hydrogens (primary N) is 1. The third kappa shape index (κ3) is 2.49. The summed E-state index contributed by atoms with van der Waals surface area (Å²) in [5, 5.41) is 8.88. The highest BCUT2D eigenvalue weighted by atomic mass is 19.1. The van der Waals surface area contributed by atoms with Gasteiger partial charge in [0, 0.05) is 5.69 Å². The van der Waals surface area contributed by atoms with Crippen molar-refractivity contribution in [2.24, 2.45) is 0 Å². The summed E-state index contributed by atoms with van der Waals surface area (Å²) >= 11 is 0. The highest BCUT2D eigenvalue weighted by Crippen LogP contribution is 2.27. The zero-order valence-electron chi connectivity index (χ0n) is 10.2. The molecule has 0 saturated heterocycles. The number of hydrogen-bond acceptors (Lipinski definition) is 3. The molecule has 0 amide bonds. The Hall–Kier alpha value is -2.56. The molecule has 98 valence electrons. The van der Waals surface area contributed by atoms with E-state index in [0.717, 1.165) is 0 Å². The van der Waals surface area contributed by atoms with Crippen molar-refractivity contribution in [3.05, 3.63) is 47.8 Å². The van der Waals surface area contributed by atoms with Gasteiger partial charge in [-0.1, -0.05) is 12.1 Å². The van der Waals surface area contributed by atoms with Crippen LogP contribution in [0.15, 0.2) is 36.4 Å². The number of carboxylic acids is 1. The molecule has 0 bridgehead atoms. The van der Waals surface area contributed by atoms with Crippen molar-refractivity contribution < 1.29 is 19.0 Å². The summed E-state index contributed by atoms with van der Waals surface area (Å²) in [5.74, 6) is -1.43. The van der Waals surface area contributed by atoms with Crippen molar-refractivity contribution in [3.63, 3.8) is 0 Å². The second-order valence-electron chi connectivity index (χ2n) is 3.96. The zero-order chi connectivity index (χ0) is 14.0. The van der Waals surface area contributed by atoms with Crippen molar-refractivity contribution in [1.29, 1.82) is 0 Å². The number of methoxy groups -OCH3 is 1. The summed E-state index contributed by atoms with van der Waals surface area (Å²) < 4.78 is 18.4. The Morgan fingerprint density at radius 1 is 1.21 bits per heavy atom. The number of rotatable bonds is 3. The van der Waals surface area contributed by atoms with Gasteiger partial charge in [0.1, 0.15) is 0 Å². The quantitative estimate of drug-likeness (QED) is 0.833. The molecule has 2 aromatic carbocycles. The first-order valence-electron chi connectivity index (χ1n) is 5.49. The van der Waals surface area contributed by atoms with Gasteiger partial charge in [0.2, 0.25) is 0 Å². The molecule has 0 saturated carbocycles. The summed E-state index contributed by atoms with van der Waals surface area (Å²) in [7, 11) is 1.39. The van der Waals surface area contributed by atoms with E-state index in [0.29, 0.717) is 11.1 Å². The van der Waals surface area contributed by atoms with E-state index < -0.39 is 11.8 Å². The third-order valence-corrected chi connectivity index (χ3v) is 2.77. The molecule has 0 fully saturated rings. The van der Waals surface area contributed by atoms with E-state index in [2.05, 4.69) is 0 Å². The molecule has 0 aliphatic rings. The fourth-order valence-corrected chi connectivity index (χ4v) is 1.78. The number of halogens is 1. The van der Waals surface area contributed by atoms with E-state index in [1.165, 1.54) is 31.4 Å². The molecule has 0 radical (unpaired) electrons. The predicted octanol–water partition coefficient (Wildman–Crippen LogP) is 2.78. The number of nitrogen functional groups attached to an aromatic ring is 1. The van der Waals surface area contributed by atoms with Gasteiger partial charge < -0.3 is 15.6 Å². The molecule has 0 unspecified atom stereocenters. The fourth-order valence-electron chi connectivity index (χ4n) is 1.78. The number of benzene rings is 2. The highest BCUT2D eigenvalue weighted by molar-refractivity contribution is 5.94. The van der Waals surface area contributed by atoms with Crippen molar-refractivity contribution in [2.45, 2.75) is 0 Å². The van der Waals surface area contributed by atoms with Gasteiger partial charge in [-0.3, -0.25) is 0 Å². The molecule has 3 N–H and O–H groups in total. The first kappa shape index (κ1) is 12.9. The van der Waals surface area contributed by atoms with Gasteiger partial charge in [-0.2, -0.15) is 0 Å². The molecule has 2 rings (SSSR count). The molecule has 0 aliphatic carbocycles. The maximum Gasteiger partial charge on any atom is 0.337 e. The minimum atomic E-state index is -1.09. The monoisotopic (exact) mass is 261 g/mol. The molecule has 0 atom stereocenters. The van der Waals surface area contributed by atoms with E-state index in [-0.39, 0.29) is 17.0 Å². The Bertz CT molecular complexity index is 641. The lowest BCUT2D eigenvalue weighted by molar-refractivity contribution is 0.0698. The normalized spacial score (nSPS) is 10.2. The fraction of sp³-hybridized carbons (Fsp3) is 0.0714. The molecule has 0 spiro atoms. The zero-order valence-corrected chi connectivity index (χ0v) is 10.2. The maximum atomic E-state index is 13.6. The minimum Gasteiger partial charge on any atom is -0.494 e. The molecule has 5 heteroatoms. The largest absolute Gasteiger partial charge is 0.494 e. The van der Waals surface area contributed by atoms with E-state index in [9.17, 15) is 9.18 Å². The van der Waals surface area contributed by atoms with Crippen LogP contribution in [-0.4, -0.2) is 18.2 Å². The molecule has 0 heterocycles. The Morgan fingerprint density at radius 3 is 2.37 bits per heavy atom. The smallest absolute Gasteiger partial charge is 0.337 e. The van der Waals surface area contributed by atoms with Crippen LogP contribution < -0.4 is 10.5 Å². The van der Waals surface area contributed by atoms with Gasteiger partial charge in [-0.25, -0.2) is 9.18 Å². The number of carbonyl (C=O) groups is 1. The lowest BCUT2D eigenvalue weighted by Gasteiger charge is -2.07. The molecule has 2 aromatic rings. The summed E-state index contributed by atoms with van der Waals surface area (Å²) in [6.45, 7) is 0. The highest BCUT2D eigenvalue weighted by Gasteiger charge is 2.10. The molecular formula is C14H12FNO3. The number of hydrogen-bond donors (Lipinski definition) is 2. The predicted molar refractivity (Wildman–Crippen MR) is 69.8 cm³/mol. The topological polar surface area (TPSA) is 72.5 Å². The van der Waals surface area contributed by atoms with Crippen LogP contribution in [0.1, 0.15) is 10.4 Å². The van der Waals surface area contributed by atoms with Crippen LogP contribution in [-0.2, 0) is 0 Å². The lowest BCUT2D eigenvalue weighted by atomic mass is 10.0. The second kappa shape index (κ2) is 4.97.